The average Bonchev–Trinajstić information content (AvgIpc) is 3.25. The minimum atomic E-state index is -0.431. The zero-order chi connectivity index (χ0) is 21.1. The Labute approximate surface area is 176 Å². The summed E-state index contributed by atoms with van der Waals surface area (Å²) in [5.41, 5.74) is 1.14. The highest BCUT2D eigenvalue weighted by atomic mass is 16.6. The van der Waals surface area contributed by atoms with Gasteiger partial charge in [-0.05, 0) is 68.8 Å². The molecule has 4 rings (SSSR count). The number of carbonyl (C=O) groups excluding carboxylic acids is 1. The smallest absolute Gasteiger partial charge is 0.274 e. The first-order valence-corrected chi connectivity index (χ1v) is 10.8. The highest BCUT2D eigenvalue weighted by Crippen LogP contribution is 2.23. The van der Waals surface area contributed by atoms with Crippen molar-refractivity contribution in [1.29, 1.82) is 0 Å². The third kappa shape index (κ3) is 4.70. The van der Waals surface area contributed by atoms with Gasteiger partial charge in [-0.3, -0.25) is 14.9 Å². The average molecular weight is 412 g/mol. The molecule has 2 aromatic rings. The maximum absolute atomic E-state index is 13.0. The van der Waals surface area contributed by atoms with Gasteiger partial charge in [-0.2, -0.15) is 5.10 Å². The van der Waals surface area contributed by atoms with Crippen LogP contribution in [-0.4, -0.2) is 63.1 Å². The number of likely N-dealkylation sites (tertiary alicyclic amines) is 2. The van der Waals surface area contributed by atoms with Crippen LogP contribution in [0.3, 0.4) is 0 Å². The van der Waals surface area contributed by atoms with Crippen LogP contribution >= 0.6 is 0 Å². The van der Waals surface area contributed by atoms with Gasteiger partial charge in [0.05, 0.1) is 10.6 Å². The lowest BCUT2D eigenvalue weighted by Gasteiger charge is -2.37. The van der Waals surface area contributed by atoms with Crippen LogP contribution in [-0.2, 0) is 0 Å². The first-order valence-electron chi connectivity index (χ1n) is 10.8. The number of piperidine rings is 2. The summed E-state index contributed by atoms with van der Waals surface area (Å²) in [5.74, 6) is 1.32. The molecule has 1 amide bonds. The molecule has 2 aliphatic rings. The van der Waals surface area contributed by atoms with Gasteiger partial charge in [-0.1, -0.05) is 6.92 Å². The summed E-state index contributed by atoms with van der Waals surface area (Å²) < 4.78 is 1.59. The van der Waals surface area contributed by atoms with Crippen molar-refractivity contribution in [3.8, 4) is 5.69 Å². The molecule has 2 saturated heterocycles. The number of benzene rings is 1. The third-order valence-corrected chi connectivity index (χ3v) is 6.33. The summed E-state index contributed by atoms with van der Waals surface area (Å²) in [6, 6.07) is 7.87. The van der Waals surface area contributed by atoms with Crippen molar-refractivity contribution in [2.24, 2.45) is 11.8 Å². The molecule has 1 unspecified atom stereocenters. The molecule has 0 bridgehead atoms. The second-order valence-electron chi connectivity index (χ2n) is 8.66. The molecule has 0 spiro atoms. The van der Waals surface area contributed by atoms with E-state index >= 15 is 0 Å². The third-order valence-electron chi connectivity index (χ3n) is 6.33. The quantitative estimate of drug-likeness (QED) is 0.556. The van der Waals surface area contributed by atoms with Crippen molar-refractivity contribution in [1.82, 2.24) is 19.6 Å². The van der Waals surface area contributed by atoms with Gasteiger partial charge in [-0.25, -0.2) is 4.68 Å². The minimum absolute atomic E-state index is 0.0322. The van der Waals surface area contributed by atoms with Crippen LogP contribution in [0.2, 0.25) is 0 Å². The van der Waals surface area contributed by atoms with Crippen LogP contribution in [0, 0.1) is 22.0 Å². The predicted molar refractivity (Wildman–Crippen MR) is 114 cm³/mol. The first kappa shape index (κ1) is 20.5. The molecule has 0 N–H and O–H groups in total. The van der Waals surface area contributed by atoms with Crippen LogP contribution in [0.25, 0.3) is 5.69 Å². The van der Waals surface area contributed by atoms with E-state index < -0.39 is 4.92 Å². The topological polar surface area (TPSA) is 84.5 Å². The molecule has 8 heteroatoms. The van der Waals surface area contributed by atoms with Crippen molar-refractivity contribution in [3.63, 3.8) is 0 Å². The normalized spacial score (nSPS) is 21.0. The monoisotopic (exact) mass is 411 g/mol. The van der Waals surface area contributed by atoms with E-state index in [9.17, 15) is 14.9 Å². The molecular formula is C22H29N5O3. The fraction of sp³-hybridized carbons (Fsp3) is 0.545. The lowest BCUT2D eigenvalue weighted by molar-refractivity contribution is -0.384. The van der Waals surface area contributed by atoms with Gasteiger partial charge < -0.3 is 9.80 Å². The summed E-state index contributed by atoms with van der Waals surface area (Å²) in [6.45, 7) is 7.31. The highest BCUT2D eigenvalue weighted by Gasteiger charge is 2.28. The first-order chi connectivity index (χ1) is 14.5. The van der Waals surface area contributed by atoms with Crippen molar-refractivity contribution in [2.75, 3.05) is 32.7 Å². The Bertz CT molecular complexity index is 886. The number of aromatic nitrogens is 2. The number of hydrogen-bond donors (Lipinski definition) is 0. The maximum Gasteiger partial charge on any atom is 0.274 e. The summed E-state index contributed by atoms with van der Waals surface area (Å²) >= 11 is 0. The summed E-state index contributed by atoms with van der Waals surface area (Å²) in [6.07, 6.45) is 6.48. The van der Waals surface area contributed by atoms with Crippen LogP contribution < -0.4 is 0 Å². The van der Waals surface area contributed by atoms with Gasteiger partial charge in [0.1, 0.15) is 0 Å². The summed E-state index contributed by atoms with van der Waals surface area (Å²) in [7, 11) is 0. The zero-order valence-corrected chi connectivity index (χ0v) is 17.4. The van der Waals surface area contributed by atoms with Crippen LogP contribution in [0.4, 0.5) is 5.69 Å². The van der Waals surface area contributed by atoms with E-state index in [4.69, 9.17) is 0 Å². The standard InChI is InChI=1S/C22H29N5O3/c1-17-8-12-24(13-9-17)15-18-3-2-11-25(16-18)22(28)21-10-14-26(23-21)19-4-6-20(7-5-19)27(29)30/h4-7,10,14,17-18H,2-3,8-9,11-13,15-16H2,1H3. The fourth-order valence-electron chi connectivity index (χ4n) is 4.48. The van der Waals surface area contributed by atoms with Gasteiger partial charge >= 0.3 is 0 Å². The zero-order valence-electron chi connectivity index (χ0n) is 17.4. The molecule has 1 atom stereocenters. The van der Waals surface area contributed by atoms with Crippen molar-refractivity contribution < 1.29 is 9.72 Å². The van der Waals surface area contributed by atoms with E-state index in [0.717, 1.165) is 32.0 Å². The SMILES string of the molecule is CC1CCN(CC2CCCN(C(=O)c3ccn(-c4ccc([N+](=O)[O-])cc4)n3)C2)CC1. The molecule has 1 aromatic carbocycles. The molecule has 30 heavy (non-hydrogen) atoms. The van der Waals surface area contributed by atoms with Gasteiger partial charge in [0.15, 0.2) is 5.69 Å². The molecule has 0 aliphatic carbocycles. The van der Waals surface area contributed by atoms with E-state index in [1.54, 1.807) is 29.1 Å². The molecule has 0 radical (unpaired) electrons. The molecular weight excluding hydrogens is 382 g/mol. The van der Waals surface area contributed by atoms with E-state index in [1.807, 2.05) is 4.90 Å². The lowest BCUT2D eigenvalue weighted by Crippen LogP contribution is -2.45. The van der Waals surface area contributed by atoms with Crippen LogP contribution in [0.1, 0.15) is 43.1 Å². The number of nitro groups is 1. The molecule has 3 heterocycles. The van der Waals surface area contributed by atoms with Crippen molar-refractivity contribution >= 4 is 11.6 Å². The molecule has 8 nitrogen and oxygen atoms in total. The Morgan fingerprint density at radius 3 is 2.57 bits per heavy atom. The van der Waals surface area contributed by atoms with Gasteiger partial charge in [0, 0.05) is 38.0 Å². The van der Waals surface area contributed by atoms with E-state index in [-0.39, 0.29) is 11.6 Å². The maximum atomic E-state index is 13.0. The van der Waals surface area contributed by atoms with Gasteiger partial charge in [-0.15, -0.1) is 0 Å². The number of nitrogens with zero attached hydrogens (tertiary/aromatic N) is 5. The van der Waals surface area contributed by atoms with E-state index in [2.05, 4.69) is 16.9 Å². The Morgan fingerprint density at radius 2 is 1.87 bits per heavy atom. The van der Waals surface area contributed by atoms with E-state index in [0.29, 0.717) is 17.3 Å². The fourth-order valence-corrected chi connectivity index (χ4v) is 4.48. The van der Waals surface area contributed by atoms with Crippen molar-refractivity contribution in [3.05, 3.63) is 52.3 Å². The number of nitro benzene ring substituents is 1. The van der Waals surface area contributed by atoms with Crippen LogP contribution in [0.15, 0.2) is 36.5 Å². The minimum Gasteiger partial charge on any atom is -0.337 e. The number of carbonyl (C=O) groups is 1. The predicted octanol–water partition coefficient (Wildman–Crippen LogP) is 3.36. The second-order valence-corrected chi connectivity index (χ2v) is 8.66. The molecule has 160 valence electrons. The number of non-ortho nitro benzene ring substituents is 1. The molecule has 0 saturated carbocycles. The second kappa shape index (κ2) is 8.95. The molecule has 2 aliphatic heterocycles. The summed E-state index contributed by atoms with van der Waals surface area (Å²) in [4.78, 5) is 27.9. The van der Waals surface area contributed by atoms with Crippen molar-refractivity contribution in [2.45, 2.75) is 32.6 Å². The number of hydrogen-bond acceptors (Lipinski definition) is 5. The lowest BCUT2D eigenvalue weighted by atomic mass is 9.94. The Hall–Kier alpha value is -2.74. The number of rotatable bonds is 5. The largest absolute Gasteiger partial charge is 0.337 e. The van der Waals surface area contributed by atoms with Gasteiger partial charge in [0.2, 0.25) is 0 Å². The van der Waals surface area contributed by atoms with E-state index in [1.165, 1.54) is 44.5 Å². The summed E-state index contributed by atoms with van der Waals surface area (Å²) in [5, 5.41) is 15.2. The molecule has 2 fully saturated rings. The Balaban J connectivity index is 1.37. The Morgan fingerprint density at radius 1 is 1.13 bits per heavy atom. The Kier molecular flexibility index (Phi) is 6.13. The van der Waals surface area contributed by atoms with Gasteiger partial charge in [0.25, 0.3) is 11.6 Å². The molecule has 1 aromatic heterocycles. The highest BCUT2D eigenvalue weighted by molar-refractivity contribution is 5.92. The van der Waals surface area contributed by atoms with Crippen LogP contribution in [0.5, 0.6) is 0 Å². The number of amides is 1.